The van der Waals surface area contributed by atoms with E-state index in [4.69, 9.17) is 11.6 Å². The van der Waals surface area contributed by atoms with Crippen molar-refractivity contribution < 1.29 is 0 Å². The fraction of sp³-hybridized carbons (Fsp3) is 0.556. The van der Waals surface area contributed by atoms with Gasteiger partial charge in [-0.15, -0.1) is 11.6 Å². The van der Waals surface area contributed by atoms with Gasteiger partial charge in [0.05, 0.1) is 6.20 Å². The molecule has 1 rings (SSSR count). The van der Waals surface area contributed by atoms with E-state index in [9.17, 15) is 0 Å². The van der Waals surface area contributed by atoms with Gasteiger partial charge in [-0.3, -0.25) is 4.98 Å². The molecular weight excluding hydrogens is 186 g/mol. The SMILES string of the molecule is CCC(CCCl)Nc1cnccn1. The topological polar surface area (TPSA) is 37.8 Å². The molecule has 4 heteroatoms. The molecule has 0 aliphatic carbocycles. The standard InChI is InChI=1S/C9H14ClN3/c1-2-8(3-4-10)13-9-7-11-5-6-12-9/h5-8H,2-4H2,1H3,(H,12,13). The van der Waals surface area contributed by atoms with E-state index in [0.717, 1.165) is 18.7 Å². The highest BCUT2D eigenvalue weighted by Gasteiger charge is 2.04. The molecule has 0 saturated heterocycles. The van der Waals surface area contributed by atoms with Gasteiger partial charge in [0.2, 0.25) is 0 Å². The van der Waals surface area contributed by atoms with Crippen LogP contribution in [0.15, 0.2) is 18.6 Å². The lowest BCUT2D eigenvalue weighted by Gasteiger charge is -2.15. The number of anilines is 1. The summed E-state index contributed by atoms with van der Waals surface area (Å²) in [7, 11) is 0. The smallest absolute Gasteiger partial charge is 0.144 e. The molecule has 72 valence electrons. The number of hydrogen-bond donors (Lipinski definition) is 1. The summed E-state index contributed by atoms with van der Waals surface area (Å²) in [5.74, 6) is 1.49. The van der Waals surface area contributed by atoms with E-state index in [0.29, 0.717) is 11.9 Å². The molecule has 0 bridgehead atoms. The van der Waals surface area contributed by atoms with Crippen LogP contribution in [0.1, 0.15) is 19.8 Å². The van der Waals surface area contributed by atoms with Gasteiger partial charge >= 0.3 is 0 Å². The monoisotopic (exact) mass is 199 g/mol. The third kappa shape index (κ3) is 3.59. The second-order valence-corrected chi connectivity index (χ2v) is 3.20. The van der Waals surface area contributed by atoms with Crippen LogP contribution in [0.4, 0.5) is 5.82 Å². The van der Waals surface area contributed by atoms with Crippen LogP contribution in [-0.4, -0.2) is 21.9 Å². The van der Waals surface area contributed by atoms with Crippen molar-refractivity contribution in [2.75, 3.05) is 11.2 Å². The van der Waals surface area contributed by atoms with Crippen molar-refractivity contribution in [2.45, 2.75) is 25.8 Å². The van der Waals surface area contributed by atoms with Crippen molar-refractivity contribution in [1.82, 2.24) is 9.97 Å². The summed E-state index contributed by atoms with van der Waals surface area (Å²) >= 11 is 5.67. The van der Waals surface area contributed by atoms with Gasteiger partial charge in [0.15, 0.2) is 0 Å². The van der Waals surface area contributed by atoms with Crippen LogP contribution in [0.3, 0.4) is 0 Å². The molecule has 0 aliphatic rings. The van der Waals surface area contributed by atoms with Gasteiger partial charge in [-0.1, -0.05) is 6.92 Å². The van der Waals surface area contributed by atoms with E-state index in [2.05, 4.69) is 22.2 Å². The quantitative estimate of drug-likeness (QED) is 0.740. The third-order valence-electron chi connectivity index (χ3n) is 1.87. The summed E-state index contributed by atoms with van der Waals surface area (Å²) in [6, 6.07) is 0.397. The van der Waals surface area contributed by atoms with Crippen LogP contribution in [0.5, 0.6) is 0 Å². The van der Waals surface area contributed by atoms with E-state index in [1.54, 1.807) is 18.6 Å². The highest BCUT2D eigenvalue weighted by molar-refractivity contribution is 6.17. The molecule has 0 radical (unpaired) electrons. The first-order chi connectivity index (χ1) is 6.36. The Morgan fingerprint density at radius 3 is 2.92 bits per heavy atom. The van der Waals surface area contributed by atoms with Crippen molar-refractivity contribution in [1.29, 1.82) is 0 Å². The van der Waals surface area contributed by atoms with E-state index < -0.39 is 0 Å². The van der Waals surface area contributed by atoms with Crippen molar-refractivity contribution in [3.8, 4) is 0 Å². The van der Waals surface area contributed by atoms with Crippen molar-refractivity contribution in [3.63, 3.8) is 0 Å². The summed E-state index contributed by atoms with van der Waals surface area (Å²) in [6.45, 7) is 2.13. The van der Waals surface area contributed by atoms with Gasteiger partial charge in [0.1, 0.15) is 5.82 Å². The molecule has 0 aromatic carbocycles. The molecule has 0 fully saturated rings. The summed E-state index contributed by atoms with van der Waals surface area (Å²) in [5, 5.41) is 3.27. The van der Waals surface area contributed by atoms with Gasteiger partial charge in [-0.2, -0.15) is 0 Å². The van der Waals surface area contributed by atoms with Crippen LogP contribution >= 0.6 is 11.6 Å². The van der Waals surface area contributed by atoms with E-state index in [1.165, 1.54) is 0 Å². The van der Waals surface area contributed by atoms with Crippen molar-refractivity contribution in [2.24, 2.45) is 0 Å². The summed E-state index contributed by atoms with van der Waals surface area (Å²) in [5.41, 5.74) is 0. The first kappa shape index (κ1) is 10.3. The Labute approximate surface area is 83.5 Å². The van der Waals surface area contributed by atoms with E-state index in [-0.39, 0.29) is 0 Å². The highest BCUT2D eigenvalue weighted by atomic mass is 35.5. The zero-order valence-corrected chi connectivity index (χ0v) is 8.46. The third-order valence-corrected chi connectivity index (χ3v) is 2.08. The number of nitrogens with one attached hydrogen (secondary N) is 1. The van der Waals surface area contributed by atoms with E-state index in [1.807, 2.05) is 0 Å². The Morgan fingerprint density at radius 1 is 1.54 bits per heavy atom. The van der Waals surface area contributed by atoms with Gasteiger partial charge in [-0.25, -0.2) is 4.98 Å². The Kier molecular flexibility index (Phi) is 4.54. The molecule has 1 unspecified atom stereocenters. The largest absolute Gasteiger partial charge is 0.366 e. The molecule has 3 nitrogen and oxygen atoms in total. The fourth-order valence-electron chi connectivity index (χ4n) is 1.09. The van der Waals surface area contributed by atoms with E-state index >= 15 is 0 Å². The predicted octanol–water partition coefficient (Wildman–Crippen LogP) is 2.30. The first-order valence-electron chi connectivity index (χ1n) is 4.45. The number of alkyl halides is 1. The number of halogens is 1. The van der Waals surface area contributed by atoms with Crippen molar-refractivity contribution >= 4 is 17.4 Å². The zero-order chi connectivity index (χ0) is 9.52. The highest BCUT2D eigenvalue weighted by Crippen LogP contribution is 2.07. The minimum Gasteiger partial charge on any atom is -0.366 e. The number of hydrogen-bond acceptors (Lipinski definition) is 3. The molecule has 1 aromatic rings. The molecule has 0 aliphatic heterocycles. The lowest BCUT2D eigenvalue weighted by atomic mass is 10.2. The molecule has 1 atom stereocenters. The maximum absolute atomic E-state index is 5.67. The minimum absolute atomic E-state index is 0.397. The lowest BCUT2D eigenvalue weighted by molar-refractivity contribution is 0.671. The van der Waals surface area contributed by atoms with Crippen LogP contribution in [0.2, 0.25) is 0 Å². The van der Waals surface area contributed by atoms with Gasteiger partial charge in [0, 0.05) is 24.3 Å². The minimum atomic E-state index is 0.397. The molecule has 13 heavy (non-hydrogen) atoms. The number of nitrogens with zero attached hydrogens (tertiary/aromatic N) is 2. The average molecular weight is 200 g/mol. The van der Waals surface area contributed by atoms with Gasteiger partial charge in [-0.05, 0) is 12.8 Å². The fourth-order valence-corrected chi connectivity index (χ4v) is 1.36. The van der Waals surface area contributed by atoms with Crippen molar-refractivity contribution in [3.05, 3.63) is 18.6 Å². The summed E-state index contributed by atoms with van der Waals surface area (Å²) in [4.78, 5) is 8.11. The maximum atomic E-state index is 5.67. The lowest BCUT2D eigenvalue weighted by Crippen LogP contribution is -2.19. The van der Waals surface area contributed by atoms with Crippen LogP contribution in [0.25, 0.3) is 0 Å². The molecule has 1 N–H and O–H groups in total. The number of aromatic nitrogens is 2. The predicted molar refractivity (Wildman–Crippen MR) is 55.1 cm³/mol. The van der Waals surface area contributed by atoms with Gasteiger partial charge in [0.25, 0.3) is 0 Å². The Morgan fingerprint density at radius 2 is 2.38 bits per heavy atom. The average Bonchev–Trinajstić information content (AvgIpc) is 2.19. The normalized spacial score (nSPS) is 12.5. The van der Waals surface area contributed by atoms with Crippen LogP contribution < -0.4 is 5.32 Å². The molecule has 0 spiro atoms. The zero-order valence-electron chi connectivity index (χ0n) is 7.70. The Balaban J connectivity index is 2.46. The Bertz CT molecular complexity index is 228. The molecular formula is C9H14ClN3. The second kappa shape index (κ2) is 5.75. The maximum Gasteiger partial charge on any atom is 0.144 e. The first-order valence-corrected chi connectivity index (χ1v) is 4.98. The summed E-state index contributed by atoms with van der Waals surface area (Å²) < 4.78 is 0. The molecule has 0 saturated carbocycles. The Hall–Kier alpha value is -0.830. The molecule has 1 aromatic heterocycles. The number of rotatable bonds is 5. The van der Waals surface area contributed by atoms with Crippen LogP contribution in [0, 0.1) is 0 Å². The summed E-state index contributed by atoms with van der Waals surface area (Å²) in [6.07, 6.45) is 7.05. The molecule has 1 heterocycles. The van der Waals surface area contributed by atoms with Gasteiger partial charge < -0.3 is 5.32 Å². The van der Waals surface area contributed by atoms with Crippen LogP contribution in [-0.2, 0) is 0 Å². The molecule has 0 amide bonds. The second-order valence-electron chi connectivity index (χ2n) is 2.82.